The van der Waals surface area contributed by atoms with Crippen molar-refractivity contribution in [2.24, 2.45) is 5.92 Å². The molecule has 0 bridgehead atoms. The van der Waals surface area contributed by atoms with Gasteiger partial charge in [-0.25, -0.2) is 14.6 Å². The number of hydrogen-bond acceptors (Lipinski definition) is 4. The summed E-state index contributed by atoms with van der Waals surface area (Å²) < 4.78 is 6.74. The first-order valence-corrected chi connectivity index (χ1v) is 8.84. The standard InChI is InChI=1S/C18H21ClN4O3/c1-26-17(24)15-9-14(4-5-16(15)19)21-18(25)23-7-2-3-13(11-23)10-22-8-6-20-12-22/h4-6,8-9,12-13H,2-3,7,10-11H2,1H3,(H,21,25)/t13-/m1/s1. The Labute approximate surface area is 156 Å². The largest absolute Gasteiger partial charge is 0.465 e. The van der Waals surface area contributed by atoms with Crippen molar-refractivity contribution in [2.45, 2.75) is 19.4 Å². The highest BCUT2D eigenvalue weighted by atomic mass is 35.5. The van der Waals surface area contributed by atoms with Crippen LogP contribution in [-0.4, -0.2) is 46.7 Å². The number of urea groups is 1. The summed E-state index contributed by atoms with van der Waals surface area (Å²) in [6, 6.07) is 4.58. The third-order valence-electron chi connectivity index (χ3n) is 4.46. The van der Waals surface area contributed by atoms with E-state index in [1.54, 1.807) is 29.6 Å². The average molecular weight is 377 g/mol. The van der Waals surface area contributed by atoms with Crippen LogP contribution < -0.4 is 5.32 Å². The number of likely N-dealkylation sites (tertiary alicyclic amines) is 1. The number of rotatable bonds is 4. The molecule has 1 aromatic heterocycles. The summed E-state index contributed by atoms with van der Waals surface area (Å²) in [5, 5.41) is 3.12. The highest BCUT2D eigenvalue weighted by Gasteiger charge is 2.24. The van der Waals surface area contributed by atoms with Crippen LogP contribution >= 0.6 is 11.6 Å². The molecule has 2 amide bonds. The first kappa shape index (κ1) is 18.3. The Bertz CT molecular complexity index is 779. The number of hydrogen-bond donors (Lipinski definition) is 1. The molecule has 1 saturated heterocycles. The lowest BCUT2D eigenvalue weighted by Gasteiger charge is -2.33. The summed E-state index contributed by atoms with van der Waals surface area (Å²) in [4.78, 5) is 30.2. The molecule has 0 unspecified atom stereocenters. The number of anilines is 1. The number of imidazole rings is 1. The summed E-state index contributed by atoms with van der Waals surface area (Å²) in [5.74, 6) is -0.149. The van der Waals surface area contributed by atoms with Gasteiger partial charge in [-0.15, -0.1) is 0 Å². The number of benzene rings is 1. The Morgan fingerprint density at radius 2 is 2.27 bits per heavy atom. The maximum Gasteiger partial charge on any atom is 0.339 e. The highest BCUT2D eigenvalue weighted by Crippen LogP contribution is 2.23. The van der Waals surface area contributed by atoms with E-state index in [9.17, 15) is 9.59 Å². The molecule has 26 heavy (non-hydrogen) atoms. The van der Waals surface area contributed by atoms with E-state index in [-0.39, 0.29) is 16.6 Å². The van der Waals surface area contributed by atoms with E-state index >= 15 is 0 Å². The zero-order valence-electron chi connectivity index (χ0n) is 14.5. The maximum absolute atomic E-state index is 12.6. The number of carbonyl (C=O) groups is 2. The number of nitrogens with one attached hydrogen (secondary N) is 1. The molecule has 1 aliphatic rings. The second-order valence-corrected chi connectivity index (χ2v) is 6.74. The Balaban J connectivity index is 1.63. The van der Waals surface area contributed by atoms with E-state index < -0.39 is 5.97 Å². The van der Waals surface area contributed by atoms with Crippen LogP contribution in [0, 0.1) is 5.92 Å². The minimum atomic E-state index is -0.538. The quantitative estimate of drug-likeness (QED) is 0.831. The molecule has 1 N–H and O–H groups in total. The Morgan fingerprint density at radius 1 is 1.42 bits per heavy atom. The molecule has 0 saturated carbocycles. The van der Waals surface area contributed by atoms with Crippen LogP contribution in [0.25, 0.3) is 0 Å². The predicted octanol–water partition coefficient (Wildman–Crippen LogP) is 3.27. The second kappa shape index (κ2) is 8.23. The van der Waals surface area contributed by atoms with E-state index in [4.69, 9.17) is 16.3 Å². The van der Waals surface area contributed by atoms with Gasteiger partial charge in [0.05, 0.1) is 24.0 Å². The lowest BCUT2D eigenvalue weighted by atomic mass is 9.98. The van der Waals surface area contributed by atoms with Gasteiger partial charge in [0.15, 0.2) is 0 Å². The van der Waals surface area contributed by atoms with Crippen LogP contribution in [0.1, 0.15) is 23.2 Å². The molecular formula is C18H21ClN4O3. The summed E-state index contributed by atoms with van der Waals surface area (Å²) in [5.41, 5.74) is 0.736. The van der Waals surface area contributed by atoms with Crippen LogP contribution in [0.2, 0.25) is 5.02 Å². The van der Waals surface area contributed by atoms with Gasteiger partial charge in [-0.2, -0.15) is 0 Å². The van der Waals surface area contributed by atoms with Gasteiger partial charge in [0.1, 0.15) is 0 Å². The number of esters is 1. The van der Waals surface area contributed by atoms with Crippen molar-refractivity contribution >= 4 is 29.3 Å². The summed E-state index contributed by atoms with van der Waals surface area (Å²) in [7, 11) is 1.29. The van der Waals surface area contributed by atoms with Gasteiger partial charge in [0, 0.05) is 37.7 Å². The smallest absolute Gasteiger partial charge is 0.339 e. The molecule has 3 rings (SSSR count). The zero-order chi connectivity index (χ0) is 18.5. The zero-order valence-corrected chi connectivity index (χ0v) is 15.3. The number of aromatic nitrogens is 2. The first-order valence-electron chi connectivity index (χ1n) is 8.46. The third kappa shape index (κ3) is 4.35. The number of halogens is 1. The molecule has 0 radical (unpaired) electrons. The third-order valence-corrected chi connectivity index (χ3v) is 4.79. The summed E-state index contributed by atoms with van der Waals surface area (Å²) >= 11 is 6.01. The fraction of sp³-hybridized carbons (Fsp3) is 0.389. The molecule has 7 nitrogen and oxygen atoms in total. The van der Waals surface area contributed by atoms with Gasteiger partial charge in [-0.05, 0) is 37.0 Å². The van der Waals surface area contributed by atoms with Crippen LogP contribution in [0.3, 0.4) is 0 Å². The first-order chi connectivity index (χ1) is 12.6. The Kier molecular flexibility index (Phi) is 5.78. The highest BCUT2D eigenvalue weighted by molar-refractivity contribution is 6.33. The van der Waals surface area contributed by atoms with E-state index in [0.717, 1.165) is 19.4 Å². The van der Waals surface area contributed by atoms with Gasteiger partial charge in [0.25, 0.3) is 0 Å². The SMILES string of the molecule is COC(=O)c1cc(NC(=O)N2CCC[C@H](Cn3ccnc3)C2)ccc1Cl. The minimum absolute atomic E-state index is 0.182. The van der Waals surface area contributed by atoms with Crippen molar-refractivity contribution in [3.8, 4) is 0 Å². The minimum Gasteiger partial charge on any atom is -0.465 e. The lowest BCUT2D eigenvalue weighted by Crippen LogP contribution is -2.43. The van der Waals surface area contributed by atoms with Crippen molar-refractivity contribution in [1.82, 2.24) is 14.5 Å². The molecule has 1 aliphatic heterocycles. The predicted molar refractivity (Wildman–Crippen MR) is 98.3 cm³/mol. The number of ether oxygens (including phenoxy) is 1. The maximum atomic E-state index is 12.6. The molecule has 1 atom stereocenters. The normalized spacial score (nSPS) is 17.0. The number of amides is 2. The monoisotopic (exact) mass is 376 g/mol. The van der Waals surface area contributed by atoms with Crippen molar-refractivity contribution in [1.29, 1.82) is 0 Å². The number of nitrogens with zero attached hydrogens (tertiary/aromatic N) is 3. The van der Waals surface area contributed by atoms with Gasteiger partial charge >= 0.3 is 12.0 Å². The lowest BCUT2D eigenvalue weighted by molar-refractivity contribution is 0.0601. The van der Waals surface area contributed by atoms with E-state index in [1.807, 2.05) is 10.8 Å². The molecule has 2 heterocycles. The van der Waals surface area contributed by atoms with Crippen LogP contribution in [0.4, 0.5) is 10.5 Å². The van der Waals surface area contributed by atoms with Crippen LogP contribution in [0.15, 0.2) is 36.9 Å². The number of methoxy groups -OCH3 is 1. The molecule has 138 valence electrons. The molecule has 8 heteroatoms. The second-order valence-electron chi connectivity index (χ2n) is 6.33. The van der Waals surface area contributed by atoms with Crippen molar-refractivity contribution < 1.29 is 14.3 Å². The van der Waals surface area contributed by atoms with Gasteiger partial charge in [-0.1, -0.05) is 11.6 Å². The number of piperidine rings is 1. The van der Waals surface area contributed by atoms with Crippen molar-refractivity contribution in [2.75, 3.05) is 25.5 Å². The van der Waals surface area contributed by atoms with Gasteiger partial charge in [-0.3, -0.25) is 0 Å². The molecule has 1 aromatic carbocycles. The van der Waals surface area contributed by atoms with Gasteiger partial charge in [0.2, 0.25) is 0 Å². The Morgan fingerprint density at radius 3 is 3.00 bits per heavy atom. The molecule has 0 spiro atoms. The van der Waals surface area contributed by atoms with Crippen molar-refractivity contribution in [3.63, 3.8) is 0 Å². The molecule has 1 fully saturated rings. The van der Waals surface area contributed by atoms with E-state index in [0.29, 0.717) is 24.7 Å². The van der Waals surface area contributed by atoms with Crippen LogP contribution in [0.5, 0.6) is 0 Å². The fourth-order valence-electron chi connectivity index (χ4n) is 3.16. The number of carbonyl (C=O) groups excluding carboxylic acids is 2. The van der Waals surface area contributed by atoms with Crippen LogP contribution in [-0.2, 0) is 11.3 Å². The van der Waals surface area contributed by atoms with Gasteiger partial charge < -0.3 is 19.5 Å². The summed E-state index contributed by atoms with van der Waals surface area (Å²) in [6.45, 7) is 2.24. The van der Waals surface area contributed by atoms with E-state index in [2.05, 4.69) is 10.3 Å². The Hall–Kier alpha value is -2.54. The molecular weight excluding hydrogens is 356 g/mol. The topological polar surface area (TPSA) is 76.5 Å². The van der Waals surface area contributed by atoms with Crippen molar-refractivity contribution in [3.05, 3.63) is 47.5 Å². The average Bonchev–Trinajstić information content (AvgIpc) is 3.16. The molecule has 2 aromatic rings. The fourth-order valence-corrected chi connectivity index (χ4v) is 3.36. The molecule has 0 aliphatic carbocycles. The summed E-state index contributed by atoms with van der Waals surface area (Å²) in [6.07, 6.45) is 7.52. The van der Waals surface area contributed by atoms with E-state index in [1.165, 1.54) is 13.2 Å².